The molecular formula is C17H23NO3S. The number of hydrogen-bond donors (Lipinski definition) is 0. The van der Waals surface area contributed by atoms with Gasteiger partial charge in [-0.05, 0) is 24.8 Å². The van der Waals surface area contributed by atoms with Crippen molar-refractivity contribution in [1.29, 1.82) is 0 Å². The van der Waals surface area contributed by atoms with E-state index < -0.39 is 15.3 Å². The third kappa shape index (κ3) is 2.91. The van der Waals surface area contributed by atoms with E-state index in [0.717, 1.165) is 31.2 Å². The summed E-state index contributed by atoms with van der Waals surface area (Å²) in [6, 6.07) is 10.0. The summed E-state index contributed by atoms with van der Waals surface area (Å²) in [5, 5.41) is 0. The number of rotatable bonds is 2. The molecule has 0 bridgehead atoms. The lowest BCUT2D eigenvalue weighted by Gasteiger charge is -2.34. The van der Waals surface area contributed by atoms with Gasteiger partial charge in [0.2, 0.25) is 5.91 Å². The Balaban J connectivity index is 1.88. The average Bonchev–Trinajstić information content (AvgIpc) is 2.94. The molecule has 2 fully saturated rings. The highest BCUT2D eigenvalue weighted by atomic mass is 32.2. The summed E-state index contributed by atoms with van der Waals surface area (Å²) in [6.07, 6.45) is 4.43. The van der Waals surface area contributed by atoms with Gasteiger partial charge in [0.15, 0.2) is 9.84 Å². The molecule has 22 heavy (non-hydrogen) atoms. The number of hydrogen-bond acceptors (Lipinski definition) is 3. The van der Waals surface area contributed by atoms with Crippen molar-refractivity contribution in [2.45, 2.75) is 37.5 Å². The van der Waals surface area contributed by atoms with Crippen LogP contribution in [0.1, 0.15) is 37.7 Å². The molecule has 0 aromatic heterocycles. The molecule has 0 unspecified atom stereocenters. The third-order valence-corrected chi connectivity index (χ3v) is 6.75. The van der Waals surface area contributed by atoms with Crippen molar-refractivity contribution < 1.29 is 13.2 Å². The number of carbonyl (C=O) groups excluding carboxylic acids is 1. The predicted molar refractivity (Wildman–Crippen MR) is 86.4 cm³/mol. The maximum Gasteiger partial charge on any atom is 0.233 e. The second-order valence-corrected chi connectivity index (χ2v) is 8.76. The van der Waals surface area contributed by atoms with E-state index in [1.165, 1.54) is 0 Å². The van der Waals surface area contributed by atoms with E-state index in [0.29, 0.717) is 19.5 Å². The highest BCUT2D eigenvalue weighted by Gasteiger charge is 2.45. The van der Waals surface area contributed by atoms with Crippen LogP contribution in [-0.4, -0.2) is 43.8 Å². The Morgan fingerprint density at radius 3 is 2.32 bits per heavy atom. The van der Waals surface area contributed by atoms with Gasteiger partial charge in [0.1, 0.15) is 0 Å². The fourth-order valence-electron chi connectivity index (χ4n) is 3.81. The standard InChI is InChI=1S/C17H23NO3S/c19-16(18-11-6-13-22(20,21)14-12-18)17(9-4-5-10-17)15-7-2-1-3-8-15/h1-3,7-8H,4-6,9-14H2. The van der Waals surface area contributed by atoms with Crippen LogP contribution in [0.25, 0.3) is 0 Å². The van der Waals surface area contributed by atoms with Crippen LogP contribution in [0.5, 0.6) is 0 Å². The molecule has 1 saturated heterocycles. The fourth-order valence-corrected chi connectivity index (χ4v) is 5.08. The molecule has 2 aliphatic rings. The Morgan fingerprint density at radius 2 is 1.64 bits per heavy atom. The van der Waals surface area contributed by atoms with Crippen LogP contribution in [0.2, 0.25) is 0 Å². The number of nitrogens with zero attached hydrogens (tertiary/aromatic N) is 1. The lowest BCUT2D eigenvalue weighted by Crippen LogP contribution is -2.46. The highest BCUT2D eigenvalue weighted by Crippen LogP contribution is 2.42. The Morgan fingerprint density at radius 1 is 0.955 bits per heavy atom. The van der Waals surface area contributed by atoms with Crippen LogP contribution in [0.15, 0.2) is 30.3 Å². The number of sulfone groups is 1. The van der Waals surface area contributed by atoms with Gasteiger partial charge in [-0.2, -0.15) is 0 Å². The third-order valence-electron chi connectivity index (χ3n) is 5.04. The Bertz CT molecular complexity index is 633. The van der Waals surface area contributed by atoms with Crippen LogP contribution in [0.4, 0.5) is 0 Å². The fraction of sp³-hybridized carbons (Fsp3) is 0.588. The lowest BCUT2D eigenvalue weighted by molar-refractivity contribution is -0.137. The first-order valence-corrected chi connectivity index (χ1v) is 9.91. The van der Waals surface area contributed by atoms with Crippen LogP contribution < -0.4 is 0 Å². The highest BCUT2D eigenvalue weighted by molar-refractivity contribution is 7.91. The van der Waals surface area contributed by atoms with Gasteiger partial charge in [0, 0.05) is 13.1 Å². The summed E-state index contributed by atoms with van der Waals surface area (Å²) < 4.78 is 23.5. The zero-order chi connectivity index (χ0) is 15.6. The van der Waals surface area contributed by atoms with Crippen molar-refractivity contribution in [3.63, 3.8) is 0 Å². The molecule has 1 aliphatic carbocycles. The Kier molecular flexibility index (Phi) is 4.26. The molecule has 1 aromatic carbocycles. The first kappa shape index (κ1) is 15.5. The summed E-state index contributed by atoms with van der Waals surface area (Å²) in [7, 11) is -2.99. The summed E-state index contributed by atoms with van der Waals surface area (Å²) >= 11 is 0. The molecule has 5 heteroatoms. The maximum absolute atomic E-state index is 13.2. The number of benzene rings is 1. The summed E-state index contributed by atoms with van der Waals surface area (Å²) in [4.78, 5) is 15.0. The quantitative estimate of drug-likeness (QED) is 0.838. The lowest BCUT2D eigenvalue weighted by atomic mass is 9.77. The minimum atomic E-state index is -2.99. The molecular weight excluding hydrogens is 298 g/mol. The first-order chi connectivity index (χ1) is 10.5. The molecule has 1 heterocycles. The molecule has 1 aliphatic heterocycles. The van der Waals surface area contributed by atoms with Gasteiger partial charge < -0.3 is 4.90 Å². The number of amides is 1. The minimum Gasteiger partial charge on any atom is -0.341 e. The molecule has 3 rings (SSSR count). The van der Waals surface area contributed by atoms with Crippen LogP contribution in [-0.2, 0) is 20.0 Å². The second-order valence-electron chi connectivity index (χ2n) is 6.45. The second kappa shape index (κ2) is 6.03. The van der Waals surface area contributed by atoms with E-state index in [1.54, 1.807) is 4.90 Å². The molecule has 4 nitrogen and oxygen atoms in total. The smallest absolute Gasteiger partial charge is 0.233 e. The van der Waals surface area contributed by atoms with Crippen molar-refractivity contribution in [1.82, 2.24) is 4.90 Å². The van der Waals surface area contributed by atoms with E-state index >= 15 is 0 Å². The zero-order valence-electron chi connectivity index (χ0n) is 12.8. The van der Waals surface area contributed by atoms with Gasteiger partial charge in [0.25, 0.3) is 0 Å². The summed E-state index contributed by atoms with van der Waals surface area (Å²) in [5.74, 6) is 0.437. The van der Waals surface area contributed by atoms with Crippen molar-refractivity contribution in [2.75, 3.05) is 24.6 Å². The van der Waals surface area contributed by atoms with Crippen LogP contribution in [0.3, 0.4) is 0 Å². The Hall–Kier alpha value is -1.36. The van der Waals surface area contributed by atoms with Gasteiger partial charge in [-0.3, -0.25) is 4.79 Å². The van der Waals surface area contributed by atoms with E-state index in [4.69, 9.17) is 0 Å². The first-order valence-electron chi connectivity index (χ1n) is 8.09. The molecule has 0 N–H and O–H groups in total. The van der Waals surface area contributed by atoms with Crippen LogP contribution in [0, 0.1) is 0 Å². The van der Waals surface area contributed by atoms with E-state index in [-0.39, 0.29) is 17.4 Å². The average molecular weight is 321 g/mol. The zero-order valence-corrected chi connectivity index (χ0v) is 13.6. The van der Waals surface area contributed by atoms with Gasteiger partial charge in [-0.1, -0.05) is 43.2 Å². The van der Waals surface area contributed by atoms with Crippen molar-refractivity contribution in [3.8, 4) is 0 Å². The molecule has 120 valence electrons. The SMILES string of the molecule is O=C(N1CCCS(=O)(=O)CC1)C1(c2ccccc2)CCCC1. The van der Waals surface area contributed by atoms with Crippen molar-refractivity contribution >= 4 is 15.7 Å². The molecule has 0 radical (unpaired) electrons. The van der Waals surface area contributed by atoms with Gasteiger partial charge in [-0.15, -0.1) is 0 Å². The molecule has 1 saturated carbocycles. The van der Waals surface area contributed by atoms with E-state index in [1.807, 2.05) is 30.3 Å². The summed E-state index contributed by atoms with van der Waals surface area (Å²) in [5.41, 5.74) is 0.652. The summed E-state index contributed by atoms with van der Waals surface area (Å²) in [6.45, 7) is 0.905. The topological polar surface area (TPSA) is 54.5 Å². The van der Waals surface area contributed by atoms with Crippen LogP contribution >= 0.6 is 0 Å². The van der Waals surface area contributed by atoms with Gasteiger partial charge in [0.05, 0.1) is 16.9 Å². The van der Waals surface area contributed by atoms with E-state index in [9.17, 15) is 13.2 Å². The monoisotopic (exact) mass is 321 g/mol. The van der Waals surface area contributed by atoms with Crippen molar-refractivity contribution in [2.24, 2.45) is 0 Å². The maximum atomic E-state index is 13.2. The van der Waals surface area contributed by atoms with E-state index in [2.05, 4.69) is 0 Å². The molecule has 0 spiro atoms. The molecule has 1 aromatic rings. The Labute approximate surface area is 132 Å². The predicted octanol–water partition coefficient (Wildman–Crippen LogP) is 2.15. The van der Waals surface area contributed by atoms with Gasteiger partial charge in [-0.25, -0.2) is 8.42 Å². The van der Waals surface area contributed by atoms with Crippen molar-refractivity contribution in [3.05, 3.63) is 35.9 Å². The molecule has 1 amide bonds. The normalized spacial score (nSPS) is 23.9. The molecule has 0 atom stereocenters. The minimum absolute atomic E-state index is 0.101. The number of carbonyl (C=O) groups is 1. The largest absolute Gasteiger partial charge is 0.341 e. The van der Waals surface area contributed by atoms with Gasteiger partial charge >= 0.3 is 0 Å².